The first-order valence-corrected chi connectivity index (χ1v) is 7.68. The summed E-state index contributed by atoms with van der Waals surface area (Å²) in [6, 6.07) is 5.57. The molecule has 0 radical (unpaired) electrons. The maximum Gasteiger partial charge on any atom is 0.244 e. The van der Waals surface area contributed by atoms with E-state index in [1.54, 1.807) is 12.0 Å². The number of carbonyl (C=O) groups excluding carboxylic acids is 2. The quantitative estimate of drug-likeness (QED) is 0.792. The van der Waals surface area contributed by atoms with E-state index in [2.05, 4.69) is 10.2 Å². The fourth-order valence-electron chi connectivity index (χ4n) is 2.21. The summed E-state index contributed by atoms with van der Waals surface area (Å²) < 4.78 is 5.24. The van der Waals surface area contributed by atoms with Gasteiger partial charge in [-0.3, -0.25) is 9.59 Å². The van der Waals surface area contributed by atoms with Crippen molar-refractivity contribution in [3.8, 4) is 5.75 Å². The van der Waals surface area contributed by atoms with Gasteiger partial charge in [0, 0.05) is 13.5 Å². The fourth-order valence-corrected chi connectivity index (χ4v) is 2.21. The van der Waals surface area contributed by atoms with Crippen LogP contribution in [0.5, 0.6) is 5.75 Å². The van der Waals surface area contributed by atoms with Crippen molar-refractivity contribution in [2.45, 2.75) is 20.3 Å². The van der Waals surface area contributed by atoms with Crippen molar-refractivity contribution in [1.29, 1.82) is 0 Å². The van der Waals surface area contributed by atoms with Crippen molar-refractivity contribution in [2.75, 3.05) is 46.2 Å². The Morgan fingerprint density at radius 2 is 1.91 bits per heavy atom. The number of ether oxygens (including phenoxy) is 1. The molecular formula is C17H27N3O3. The number of carbonyl (C=O) groups is 2. The Kier molecular flexibility index (Phi) is 7.54. The van der Waals surface area contributed by atoms with Crippen molar-refractivity contribution in [3.63, 3.8) is 0 Å². The highest BCUT2D eigenvalue weighted by molar-refractivity contribution is 5.95. The number of hydrogen-bond acceptors (Lipinski definition) is 4. The second-order valence-corrected chi connectivity index (χ2v) is 5.85. The van der Waals surface area contributed by atoms with Crippen LogP contribution in [0.25, 0.3) is 0 Å². The maximum atomic E-state index is 12.2. The molecule has 2 amide bonds. The average molecular weight is 321 g/mol. The van der Waals surface area contributed by atoms with E-state index in [-0.39, 0.29) is 18.4 Å². The minimum Gasteiger partial charge on any atom is -0.495 e. The standard InChI is InChI=1S/C17H27N3O3/c1-13-7-8-16(23-5)15(11-13)18-17(22)12-20(14(2)21)10-6-9-19(3)4/h7-8,11H,6,9-10,12H2,1-5H3,(H,18,22). The Hall–Kier alpha value is -2.08. The van der Waals surface area contributed by atoms with E-state index in [4.69, 9.17) is 4.74 Å². The van der Waals surface area contributed by atoms with Crippen molar-refractivity contribution < 1.29 is 14.3 Å². The summed E-state index contributed by atoms with van der Waals surface area (Å²) in [5, 5.41) is 2.82. The van der Waals surface area contributed by atoms with Crippen LogP contribution in [-0.2, 0) is 9.59 Å². The van der Waals surface area contributed by atoms with Gasteiger partial charge in [-0.05, 0) is 51.7 Å². The van der Waals surface area contributed by atoms with Crippen molar-refractivity contribution in [2.24, 2.45) is 0 Å². The molecule has 0 aliphatic carbocycles. The van der Waals surface area contributed by atoms with Crippen molar-refractivity contribution in [1.82, 2.24) is 9.80 Å². The van der Waals surface area contributed by atoms with E-state index < -0.39 is 0 Å². The lowest BCUT2D eigenvalue weighted by Crippen LogP contribution is -2.38. The number of benzene rings is 1. The number of anilines is 1. The third-order valence-electron chi connectivity index (χ3n) is 3.44. The van der Waals surface area contributed by atoms with E-state index >= 15 is 0 Å². The molecule has 0 unspecified atom stereocenters. The van der Waals surface area contributed by atoms with Crippen molar-refractivity contribution in [3.05, 3.63) is 23.8 Å². The van der Waals surface area contributed by atoms with Crippen LogP contribution in [0.1, 0.15) is 18.9 Å². The molecule has 0 bridgehead atoms. The van der Waals surface area contributed by atoms with Gasteiger partial charge in [-0.15, -0.1) is 0 Å². The Bertz CT molecular complexity index is 544. The molecule has 0 saturated carbocycles. The average Bonchev–Trinajstić information content (AvgIpc) is 2.46. The smallest absolute Gasteiger partial charge is 0.244 e. The summed E-state index contributed by atoms with van der Waals surface area (Å²) in [4.78, 5) is 27.5. The molecular weight excluding hydrogens is 294 g/mol. The van der Waals surface area contributed by atoms with Crippen LogP contribution < -0.4 is 10.1 Å². The van der Waals surface area contributed by atoms with Gasteiger partial charge in [-0.2, -0.15) is 0 Å². The molecule has 0 saturated heterocycles. The van der Waals surface area contributed by atoms with Gasteiger partial charge in [0.1, 0.15) is 5.75 Å². The largest absolute Gasteiger partial charge is 0.495 e. The van der Waals surface area contributed by atoms with Gasteiger partial charge in [0.05, 0.1) is 19.3 Å². The molecule has 0 fully saturated rings. The maximum absolute atomic E-state index is 12.2. The van der Waals surface area contributed by atoms with Gasteiger partial charge >= 0.3 is 0 Å². The zero-order chi connectivity index (χ0) is 17.4. The number of methoxy groups -OCH3 is 1. The number of nitrogens with zero attached hydrogens (tertiary/aromatic N) is 2. The second-order valence-electron chi connectivity index (χ2n) is 5.85. The zero-order valence-electron chi connectivity index (χ0n) is 14.7. The lowest BCUT2D eigenvalue weighted by Gasteiger charge is -2.22. The van der Waals surface area contributed by atoms with Crippen LogP contribution in [0.3, 0.4) is 0 Å². The Morgan fingerprint density at radius 3 is 2.48 bits per heavy atom. The van der Waals surface area contributed by atoms with E-state index in [0.29, 0.717) is 18.0 Å². The molecule has 6 heteroatoms. The molecule has 0 spiro atoms. The molecule has 0 heterocycles. The third kappa shape index (κ3) is 6.69. The molecule has 1 rings (SSSR count). The number of rotatable bonds is 8. The summed E-state index contributed by atoms with van der Waals surface area (Å²) in [6.07, 6.45) is 0.827. The topological polar surface area (TPSA) is 61.9 Å². The van der Waals surface area contributed by atoms with Crippen LogP contribution in [0.15, 0.2) is 18.2 Å². The molecule has 0 aromatic heterocycles. The summed E-state index contributed by atoms with van der Waals surface area (Å²) in [5.41, 5.74) is 1.64. The molecule has 0 aliphatic rings. The van der Waals surface area contributed by atoms with E-state index in [0.717, 1.165) is 18.5 Å². The van der Waals surface area contributed by atoms with Crippen LogP contribution in [-0.4, -0.2) is 62.5 Å². The predicted molar refractivity (Wildman–Crippen MR) is 91.8 cm³/mol. The van der Waals surface area contributed by atoms with Gasteiger partial charge in [0.25, 0.3) is 0 Å². The highest BCUT2D eigenvalue weighted by Gasteiger charge is 2.15. The molecule has 128 valence electrons. The normalized spacial score (nSPS) is 10.5. The number of aryl methyl sites for hydroxylation is 1. The van der Waals surface area contributed by atoms with E-state index in [1.807, 2.05) is 39.2 Å². The number of nitrogens with one attached hydrogen (secondary N) is 1. The third-order valence-corrected chi connectivity index (χ3v) is 3.44. The molecule has 0 aliphatic heterocycles. The van der Waals surface area contributed by atoms with Crippen LogP contribution >= 0.6 is 0 Å². The fraction of sp³-hybridized carbons (Fsp3) is 0.529. The second kappa shape index (κ2) is 9.15. The molecule has 1 aromatic rings. The summed E-state index contributed by atoms with van der Waals surface area (Å²) >= 11 is 0. The minimum absolute atomic E-state index is 0.0415. The first-order valence-electron chi connectivity index (χ1n) is 7.68. The van der Waals surface area contributed by atoms with Gasteiger partial charge in [0.2, 0.25) is 11.8 Å². The molecule has 23 heavy (non-hydrogen) atoms. The molecule has 1 N–H and O–H groups in total. The van der Waals surface area contributed by atoms with E-state index in [1.165, 1.54) is 6.92 Å². The Labute approximate surface area is 138 Å². The lowest BCUT2D eigenvalue weighted by atomic mass is 10.2. The number of amides is 2. The first-order chi connectivity index (χ1) is 10.8. The molecule has 6 nitrogen and oxygen atoms in total. The summed E-state index contributed by atoms with van der Waals surface area (Å²) in [7, 11) is 5.52. The highest BCUT2D eigenvalue weighted by Crippen LogP contribution is 2.25. The van der Waals surface area contributed by atoms with Gasteiger partial charge < -0.3 is 19.9 Å². The molecule has 1 aromatic carbocycles. The SMILES string of the molecule is COc1ccc(C)cc1NC(=O)CN(CCCN(C)C)C(C)=O. The molecule has 0 atom stereocenters. The minimum atomic E-state index is -0.228. The van der Waals surface area contributed by atoms with Crippen LogP contribution in [0, 0.1) is 6.92 Å². The monoisotopic (exact) mass is 321 g/mol. The Morgan fingerprint density at radius 1 is 1.22 bits per heavy atom. The van der Waals surface area contributed by atoms with Crippen LogP contribution in [0.2, 0.25) is 0 Å². The van der Waals surface area contributed by atoms with Crippen LogP contribution in [0.4, 0.5) is 5.69 Å². The van der Waals surface area contributed by atoms with Gasteiger partial charge in [-0.1, -0.05) is 6.07 Å². The van der Waals surface area contributed by atoms with E-state index in [9.17, 15) is 9.59 Å². The summed E-state index contributed by atoms with van der Waals surface area (Å²) in [6.45, 7) is 4.90. The first kappa shape index (κ1) is 19.0. The summed E-state index contributed by atoms with van der Waals surface area (Å²) in [5.74, 6) is 0.273. The highest BCUT2D eigenvalue weighted by atomic mass is 16.5. The zero-order valence-corrected chi connectivity index (χ0v) is 14.7. The van der Waals surface area contributed by atoms with Gasteiger partial charge in [-0.25, -0.2) is 0 Å². The van der Waals surface area contributed by atoms with Crippen molar-refractivity contribution >= 4 is 17.5 Å². The lowest BCUT2D eigenvalue weighted by molar-refractivity contribution is -0.132. The predicted octanol–water partition coefficient (Wildman–Crippen LogP) is 1.74. The Balaban J connectivity index is 2.65. The van der Waals surface area contributed by atoms with Gasteiger partial charge in [0.15, 0.2) is 0 Å². The number of hydrogen-bond donors (Lipinski definition) is 1.